The summed E-state index contributed by atoms with van der Waals surface area (Å²) in [6, 6.07) is 0. The Morgan fingerprint density at radius 3 is 2.00 bits per heavy atom. The van der Waals surface area contributed by atoms with Crippen LogP contribution >= 0.6 is 0 Å². The average molecular weight is 152 g/mol. The summed E-state index contributed by atoms with van der Waals surface area (Å²) in [5.41, 5.74) is 0. The van der Waals surface area contributed by atoms with E-state index in [2.05, 4.69) is 6.92 Å². The maximum atomic E-state index is 2.32. The first kappa shape index (κ1) is 7.64. The smallest absolute Gasteiger partial charge is 0.0357 e. The fraction of sp³-hybridized carbons (Fsp3) is 1.00. The first-order valence-electron chi connectivity index (χ1n) is 5.42. The molecule has 2 aliphatic carbocycles. The van der Waals surface area contributed by atoms with Crippen molar-refractivity contribution in [2.24, 2.45) is 17.8 Å². The predicted molar refractivity (Wildman–Crippen MR) is 48.5 cm³/mol. The third-order valence-electron chi connectivity index (χ3n) is 3.92. The topological polar surface area (TPSA) is 0 Å². The van der Waals surface area contributed by atoms with Gasteiger partial charge in [0.15, 0.2) is 0 Å². The summed E-state index contributed by atoms with van der Waals surface area (Å²) in [5.74, 6) is 3.48. The van der Waals surface area contributed by atoms with Gasteiger partial charge < -0.3 is 0 Å². The molecule has 2 fully saturated rings. The van der Waals surface area contributed by atoms with Crippen molar-refractivity contribution in [2.75, 3.05) is 0 Å². The first-order chi connectivity index (χ1) is 5.42. The Morgan fingerprint density at radius 1 is 1.00 bits per heavy atom. The maximum Gasteiger partial charge on any atom is -0.0357 e. The zero-order valence-electron chi connectivity index (χ0n) is 7.68. The highest BCUT2D eigenvalue weighted by molar-refractivity contribution is 4.91. The molecule has 0 aromatic heterocycles. The molecule has 0 heterocycles. The molecule has 64 valence electrons. The highest BCUT2D eigenvalue weighted by Crippen LogP contribution is 2.51. The number of hydrogen-bond acceptors (Lipinski definition) is 0. The van der Waals surface area contributed by atoms with Crippen molar-refractivity contribution in [3.63, 3.8) is 0 Å². The zero-order chi connectivity index (χ0) is 7.68. The second-order valence-corrected chi connectivity index (χ2v) is 4.48. The molecule has 2 aliphatic rings. The summed E-state index contributed by atoms with van der Waals surface area (Å²) in [4.78, 5) is 0. The van der Waals surface area contributed by atoms with E-state index in [4.69, 9.17) is 0 Å². The standard InChI is InChI=1S/C11H20/c1-2-3-4-11-9-5-6-10(11)8-7-9/h9-11H,2-8H2,1H3. The highest BCUT2D eigenvalue weighted by atomic mass is 14.5. The molecule has 0 atom stereocenters. The minimum Gasteiger partial charge on any atom is -0.0654 e. The van der Waals surface area contributed by atoms with Crippen molar-refractivity contribution >= 4 is 0 Å². The summed E-state index contributed by atoms with van der Waals surface area (Å²) < 4.78 is 0. The Bertz CT molecular complexity index is 108. The molecule has 2 bridgehead atoms. The summed E-state index contributed by atoms with van der Waals surface area (Å²) in [5, 5.41) is 0. The molecule has 0 spiro atoms. The molecule has 0 unspecified atom stereocenters. The van der Waals surface area contributed by atoms with Crippen molar-refractivity contribution in [1.29, 1.82) is 0 Å². The molecule has 2 rings (SSSR count). The normalized spacial score (nSPS) is 41.7. The largest absolute Gasteiger partial charge is 0.0654 e. The van der Waals surface area contributed by atoms with Crippen molar-refractivity contribution in [3.05, 3.63) is 0 Å². The van der Waals surface area contributed by atoms with Gasteiger partial charge in [-0.3, -0.25) is 0 Å². The van der Waals surface area contributed by atoms with E-state index in [1.165, 1.54) is 12.8 Å². The van der Waals surface area contributed by atoms with Gasteiger partial charge >= 0.3 is 0 Å². The molecule has 2 saturated carbocycles. The van der Waals surface area contributed by atoms with Crippen LogP contribution in [0.25, 0.3) is 0 Å². The van der Waals surface area contributed by atoms with Gasteiger partial charge in [-0.2, -0.15) is 0 Å². The second-order valence-electron chi connectivity index (χ2n) is 4.48. The van der Waals surface area contributed by atoms with E-state index in [-0.39, 0.29) is 0 Å². The van der Waals surface area contributed by atoms with E-state index in [1.54, 1.807) is 32.1 Å². The molecule has 0 saturated heterocycles. The summed E-state index contributed by atoms with van der Waals surface area (Å²) in [6.45, 7) is 2.32. The fourth-order valence-corrected chi connectivity index (χ4v) is 3.30. The van der Waals surface area contributed by atoms with Gasteiger partial charge in [-0.1, -0.05) is 19.8 Å². The minimum atomic E-state index is 1.16. The molecule has 0 heteroatoms. The molecule has 11 heavy (non-hydrogen) atoms. The van der Waals surface area contributed by atoms with Crippen LogP contribution in [0.5, 0.6) is 0 Å². The van der Waals surface area contributed by atoms with Gasteiger partial charge in [0.05, 0.1) is 0 Å². The third-order valence-corrected chi connectivity index (χ3v) is 3.92. The van der Waals surface area contributed by atoms with E-state index in [1.807, 2.05) is 0 Å². The Hall–Kier alpha value is 0. The Morgan fingerprint density at radius 2 is 1.55 bits per heavy atom. The molecule has 0 nitrogen and oxygen atoms in total. The quantitative estimate of drug-likeness (QED) is 0.579. The minimum absolute atomic E-state index is 1.16. The number of rotatable bonds is 3. The molecular weight excluding hydrogens is 132 g/mol. The molecule has 0 aliphatic heterocycles. The van der Waals surface area contributed by atoms with E-state index in [9.17, 15) is 0 Å². The molecule has 0 aromatic rings. The van der Waals surface area contributed by atoms with Gasteiger partial charge in [0.1, 0.15) is 0 Å². The Kier molecular flexibility index (Phi) is 2.20. The number of fused-ring (bicyclic) bond motifs is 2. The molecule has 0 N–H and O–H groups in total. The average Bonchev–Trinajstić information content (AvgIpc) is 2.59. The van der Waals surface area contributed by atoms with Gasteiger partial charge in [-0.05, 0) is 49.9 Å². The van der Waals surface area contributed by atoms with Crippen LogP contribution in [-0.4, -0.2) is 0 Å². The Labute approximate surface area is 70.4 Å². The van der Waals surface area contributed by atoms with Crippen LogP contribution in [0.4, 0.5) is 0 Å². The number of hydrogen-bond donors (Lipinski definition) is 0. The van der Waals surface area contributed by atoms with Gasteiger partial charge in [0.2, 0.25) is 0 Å². The van der Waals surface area contributed by atoms with E-state index in [0.717, 1.165) is 17.8 Å². The number of unbranched alkanes of at least 4 members (excludes halogenated alkanes) is 1. The van der Waals surface area contributed by atoms with E-state index < -0.39 is 0 Å². The van der Waals surface area contributed by atoms with Crippen LogP contribution in [0.1, 0.15) is 51.9 Å². The molecular formula is C11H20. The van der Waals surface area contributed by atoms with Crippen LogP contribution in [0, 0.1) is 17.8 Å². The van der Waals surface area contributed by atoms with Crippen molar-refractivity contribution in [2.45, 2.75) is 51.9 Å². The highest BCUT2D eigenvalue weighted by Gasteiger charge is 2.40. The van der Waals surface area contributed by atoms with Crippen molar-refractivity contribution in [1.82, 2.24) is 0 Å². The van der Waals surface area contributed by atoms with Crippen molar-refractivity contribution < 1.29 is 0 Å². The van der Waals surface area contributed by atoms with Gasteiger partial charge in [0.25, 0.3) is 0 Å². The molecule has 0 aromatic carbocycles. The van der Waals surface area contributed by atoms with Crippen LogP contribution in [-0.2, 0) is 0 Å². The maximum absolute atomic E-state index is 2.32. The lowest BCUT2D eigenvalue weighted by Gasteiger charge is -2.13. The summed E-state index contributed by atoms with van der Waals surface area (Å²) in [7, 11) is 0. The van der Waals surface area contributed by atoms with Crippen LogP contribution in [0.2, 0.25) is 0 Å². The van der Waals surface area contributed by atoms with E-state index >= 15 is 0 Å². The molecule has 0 amide bonds. The third kappa shape index (κ3) is 1.32. The van der Waals surface area contributed by atoms with Crippen LogP contribution in [0.15, 0.2) is 0 Å². The monoisotopic (exact) mass is 152 g/mol. The van der Waals surface area contributed by atoms with Gasteiger partial charge in [-0.25, -0.2) is 0 Å². The van der Waals surface area contributed by atoms with Gasteiger partial charge in [-0.15, -0.1) is 0 Å². The van der Waals surface area contributed by atoms with Crippen LogP contribution < -0.4 is 0 Å². The lowest BCUT2D eigenvalue weighted by Crippen LogP contribution is -2.04. The summed E-state index contributed by atoms with van der Waals surface area (Å²) in [6.07, 6.45) is 10.7. The Balaban J connectivity index is 1.84. The van der Waals surface area contributed by atoms with Crippen LogP contribution in [0.3, 0.4) is 0 Å². The zero-order valence-corrected chi connectivity index (χ0v) is 7.68. The lowest BCUT2D eigenvalue weighted by atomic mass is 9.92. The van der Waals surface area contributed by atoms with E-state index in [0.29, 0.717) is 0 Å². The fourth-order valence-electron chi connectivity index (χ4n) is 3.30. The second kappa shape index (κ2) is 3.16. The predicted octanol–water partition coefficient (Wildman–Crippen LogP) is 3.61. The summed E-state index contributed by atoms with van der Waals surface area (Å²) >= 11 is 0. The first-order valence-corrected chi connectivity index (χ1v) is 5.42. The molecule has 0 radical (unpaired) electrons. The SMILES string of the molecule is CCCCC1C2CCC1CC2. The lowest BCUT2D eigenvalue weighted by molar-refractivity contribution is 0.365. The van der Waals surface area contributed by atoms with Crippen molar-refractivity contribution in [3.8, 4) is 0 Å². The van der Waals surface area contributed by atoms with Gasteiger partial charge in [0, 0.05) is 0 Å².